The van der Waals surface area contributed by atoms with Gasteiger partial charge >= 0.3 is 0 Å². The summed E-state index contributed by atoms with van der Waals surface area (Å²) >= 11 is 0. The number of ether oxygens (including phenoxy) is 1. The lowest BCUT2D eigenvalue weighted by atomic mass is 10.2. The van der Waals surface area contributed by atoms with Crippen molar-refractivity contribution < 1.29 is 4.74 Å². The highest BCUT2D eigenvalue weighted by Crippen LogP contribution is 2.40. The molecule has 106 valence electrons. The molecule has 1 unspecified atom stereocenters. The third kappa shape index (κ3) is 2.40. The summed E-state index contributed by atoms with van der Waals surface area (Å²) in [5, 5.41) is 9.01. The minimum Gasteiger partial charge on any atom is -0.360 e. The number of nitrogen functional groups attached to an aromatic ring is 1. The van der Waals surface area contributed by atoms with Gasteiger partial charge in [-0.1, -0.05) is 0 Å². The second-order valence-electron chi connectivity index (χ2n) is 5.23. The first-order chi connectivity index (χ1) is 9.72. The number of hydrogen-bond acceptors (Lipinski definition) is 7. The van der Waals surface area contributed by atoms with Crippen molar-refractivity contribution in [3.8, 4) is 6.07 Å². The molecule has 1 aromatic heterocycles. The van der Waals surface area contributed by atoms with Crippen molar-refractivity contribution in [3.63, 3.8) is 0 Å². The van der Waals surface area contributed by atoms with E-state index in [1.165, 1.54) is 0 Å². The Bertz CT molecular complexity index is 551. The molecule has 3 N–H and O–H groups in total. The molecule has 2 heterocycles. The number of aromatic nitrogens is 2. The lowest BCUT2D eigenvalue weighted by Crippen LogP contribution is -2.42. The van der Waals surface area contributed by atoms with Crippen molar-refractivity contribution >= 4 is 11.6 Å². The van der Waals surface area contributed by atoms with Crippen LogP contribution < -0.4 is 16.2 Å². The molecule has 7 nitrogen and oxygen atoms in total. The smallest absolute Gasteiger partial charge is 0.161 e. The van der Waals surface area contributed by atoms with Crippen LogP contribution in [0.4, 0.5) is 11.6 Å². The number of nitrogens with zero attached hydrogens (tertiary/aromatic N) is 4. The minimum atomic E-state index is -0.406. The first kappa shape index (κ1) is 13.1. The average Bonchev–Trinajstić information content (AvgIpc) is 3.32. The number of morpholine rings is 1. The normalized spacial score (nSPS) is 22.4. The summed E-state index contributed by atoms with van der Waals surface area (Å²) in [6.07, 6.45) is 1.86. The van der Waals surface area contributed by atoms with Crippen LogP contribution in [0, 0.1) is 18.3 Å². The lowest BCUT2D eigenvalue weighted by Gasteiger charge is -2.32. The summed E-state index contributed by atoms with van der Waals surface area (Å²) in [5.41, 5.74) is 3.56. The van der Waals surface area contributed by atoms with Gasteiger partial charge in [0.2, 0.25) is 0 Å². The van der Waals surface area contributed by atoms with Crippen molar-refractivity contribution in [1.29, 1.82) is 5.26 Å². The Morgan fingerprint density at radius 1 is 1.45 bits per heavy atom. The quantitative estimate of drug-likeness (QED) is 0.617. The zero-order valence-electron chi connectivity index (χ0n) is 11.5. The van der Waals surface area contributed by atoms with Gasteiger partial charge in [-0.3, -0.25) is 0 Å². The highest BCUT2D eigenvalue weighted by Gasteiger charge is 2.30. The van der Waals surface area contributed by atoms with E-state index in [4.69, 9.17) is 15.8 Å². The van der Waals surface area contributed by atoms with E-state index < -0.39 is 6.10 Å². The molecule has 0 radical (unpaired) electrons. The maximum absolute atomic E-state index is 9.01. The van der Waals surface area contributed by atoms with Crippen molar-refractivity contribution in [2.45, 2.75) is 31.8 Å². The zero-order valence-corrected chi connectivity index (χ0v) is 11.5. The highest BCUT2D eigenvalue weighted by molar-refractivity contribution is 5.59. The van der Waals surface area contributed by atoms with E-state index in [0.717, 1.165) is 36.6 Å². The van der Waals surface area contributed by atoms with Crippen molar-refractivity contribution in [1.82, 2.24) is 9.97 Å². The van der Waals surface area contributed by atoms with Gasteiger partial charge in [-0.15, -0.1) is 0 Å². The van der Waals surface area contributed by atoms with E-state index >= 15 is 0 Å². The Morgan fingerprint density at radius 2 is 2.25 bits per heavy atom. The van der Waals surface area contributed by atoms with E-state index in [1.807, 2.05) is 6.92 Å². The number of hydrogen-bond donors (Lipinski definition) is 2. The standard InChI is InChI=1S/C13H18N6O/c1-8-11(18-15)16-12(9-2-3-9)17-13(8)19-4-5-20-10(6-14)7-19/h9-10H,2-5,7,15H2,1H3,(H,16,17,18). The van der Waals surface area contributed by atoms with Gasteiger partial charge in [-0.25, -0.2) is 15.8 Å². The number of hydrazine groups is 1. The Labute approximate surface area is 117 Å². The van der Waals surface area contributed by atoms with E-state index in [2.05, 4.69) is 26.4 Å². The Morgan fingerprint density at radius 3 is 2.90 bits per heavy atom. The zero-order chi connectivity index (χ0) is 14.1. The molecule has 0 amide bonds. The topological polar surface area (TPSA) is 100 Å². The van der Waals surface area contributed by atoms with E-state index in [1.54, 1.807) is 0 Å². The van der Waals surface area contributed by atoms with Gasteiger partial charge in [0.15, 0.2) is 6.10 Å². The molecule has 1 aliphatic heterocycles. The number of anilines is 2. The maximum Gasteiger partial charge on any atom is 0.161 e. The molecule has 0 spiro atoms. The maximum atomic E-state index is 9.01. The van der Waals surface area contributed by atoms with Gasteiger partial charge < -0.3 is 15.1 Å². The van der Waals surface area contributed by atoms with Crippen LogP contribution in [0.3, 0.4) is 0 Å². The fourth-order valence-electron chi connectivity index (χ4n) is 2.41. The molecule has 0 bridgehead atoms. The Kier molecular flexibility index (Phi) is 3.42. The number of nitriles is 1. The minimum absolute atomic E-state index is 0.406. The molecule has 2 fully saturated rings. The van der Waals surface area contributed by atoms with Crippen LogP contribution in [-0.2, 0) is 4.74 Å². The van der Waals surface area contributed by atoms with Crippen LogP contribution in [-0.4, -0.2) is 35.8 Å². The first-order valence-electron chi connectivity index (χ1n) is 6.84. The van der Waals surface area contributed by atoms with Gasteiger partial charge in [-0.05, 0) is 19.8 Å². The van der Waals surface area contributed by atoms with Crippen molar-refractivity contribution in [3.05, 3.63) is 11.4 Å². The fourth-order valence-corrected chi connectivity index (χ4v) is 2.41. The molecule has 1 aromatic rings. The van der Waals surface area contributed by atoms with Crippen LogP contribution in [0.25, 0.3) is 0 Å². The molecule has 1 saturated carbocycles. The summed E-state index contributed by atoms with van der Waals surface area (Å²) in [7, 11) is 0. The molecule has 7 heteroatoms. The third-order valence-corrected chi connectivity index (χ3v) is 3.73. The SMILES string of the molecule is Cc1c(NN)nc(C2CC2)nc1N1CCOC(C#N)C1. The lowest BCUT2D eigenvalue weighted by molar-refractivity contribution is 0.0761. The largest absolute Gasteiger partial charge is 0.360 e. The molecule has 3 rings (SSSR count). The van der Waals surface area contributed by atoms with Crippen molar-refractivity contribution in [2.75, 3.05) is 30.0 Å². The van der Waals surface area contributed by atoms with Gasteiger partial charge in [0.05, 0.1) is 19.2 Å². The molecule has 2 aliphatic rings. The van der Waals surface area contributed by atoms with E-state index in [0.29, 0.717) is 24.9 Å². The first-order valence-corrected chi connectivity index (χ1v) is 6.84. The molecule has 1 saturated heterocycles. The number of rotatable bonds is 3. The Hall–Kier alpha value is -1.91. The van der Waals surface area contributed by atoms with Crippen LogP contribution in [0.15, 0.2) is 0 Å². The van der Waals surface area contributed by atoms with Crippen LogP contribution in [0.1, 0.15) is 30.1 Å². The average molecular weight is 274 g/mol. The van der Waals surface area contributed by atoms with Gasteiger partial charge in [0.25, 0.3) is 0 Å². The summed E-state index contributed by atoms with van der Waals surface area (Å²) < 4.78 is 5.38. The second-order valence-corrected chi connectivity index (χ2v) is 5.23. The van der Waals surface area contributed by atoms with Crippen LogP contribution >= 0.6 is 0 Å². The predicted octanol–water partition coefficient (Wildman–Crippen LogP) is 0.677. The fraction of sp³-hybridized carbons (Fsp3) is 0.615. The summed E-state index contributed by atoms with van der Waals surface area (Å²) in [5.74, 6) is 8.38. The number of nitrogens with one attached hydrogen (secondary N) is 1. The van der Waals surface area contributed by atoms with E-state index in [9.17, 15) is 0 Å². The second kappa shape index (κ2) is 5.23. The van der Waals surface area contributed by atoms with Crippen LogP contribution in [0.5, 0.6) is 0 Å². The third-order valence-electron chi connectivity index (χ3n) is 3.73. The van der Waals surface area contributed by atoms with Crippen LogP contribution in [0.2, 0.25) is 0 Å². The van der Waals surface area contributed by atoms with E-state index in [-0.39, 0.29) is 0 Å². The van der Waals surface area contributed by atoms with Gasteiger partial charge in [0.1, 0.15) is 17.5 Å². The molecule has 1 aliphatic carbocycles. The molecular weight excluding hydrogens is 256 g/mol. The summed E-state index contributed by atoms with van der Waals surface area (Å²) in [6.45, 7) is 3.73. The summed E-state index contributed by atoms with van der Waals surface area (Å²) in [4.78, 5) is 11.3. The van der Waals surface area contributed by atoms with Gasteiger partial charge in [-0.2, -0.15) is 5.26 Å². The molecule has 0 aromatic carbocycles. The highest BCUT2D eigenvalue weighted by atomic mass is 16.5. The number of nitrogens with two attached hydrogens (primary N) is 1. The van der Waals surface area contributed by atoms with Gasteiger partial charge in [0, 0.05) is 18.0 Å². The molecular formula is C13H18N6O. The Balaban J connectivity index is 1.94. The van der Waals surface area contributed by atoms with Crippen molar-refractivity contribution in [2.24, 2.45) is 5.84 Å². The monoisotopic (exact) mass is 274 g/mol. The molecule has 20 heavy (non-hydrogen) atoms. The predicted molar refractivity (Wildman–Crippen MR) is 74.1 cm³/mol. The summed E-state index contributed by atoms with van der Waals surface area (Å²) in [6, 6.07) is 2.15. The molecule has 1 atom stereocenters.